The molecule has 74 heavy (non-hydrogen) atoms. The molecule has 8 aromatic rings. The summed E-state index contributed by atoms with van der Waals surface area (Å²) in [6.45, 7) is 56.9. The molecule has 0 aliphatic heterocycles. The van der Waals surface area contributed by atoms with Crippen LogP contribution in [0.3, 0.4) is 0 Å². The first-order chi connectivity index (χ1) is 35.6. The number of aryl methyl sites for hydroxylation is 14. The third kappa shape index (κ3) is 40.1. The number of pyridine rings is 4. The maximum atomic E-state index is 4.08. The average Bonchev–Trinajstić information content (AvgIpc) is 3.45. The van der Waals surface area contributed by atoms with E-state index in [2.05, 4.69) is 172 Å². The van der Waals surface area contributed by atoms with Gasteiger partial charge >= 0.3 is 0 Å². The van der Waals surface area contributed by atoms with E-state index in [1.54, 1.807) is 6.33 Å². The van der Waals surface area contributed by atoms with Crippen molar-refractivity contribution in [3.63, 3.8) is 0 Å². The van der Waals surface area contributed by atoms with Crippen molar-refractivity contribution in [1.29, 1.82) is 0 Å². The van der Waals surface area contributed by atoms with E-state index in [4.69, 9.17) is 0 Å². The van der Waals surface area contributed by atoms with Gasteiger partial charge in [0.05, 0.1) is 0 Å². The lowest BCUT2D eigenvalue weighted by atomic mass is 10.0. The van der Waals surface area contributed by atoms with Crippen LogP contribution in [0.25, 0.3) is 10.8 Å². The van der Waals surface area contributed by atoms with Crippen molar-refractivity contribution in [1.82, 2.24) is 29.9 Å². The molecule has 5 heterocycles. The van der Waals surface area contributed by atoms with Gasteiger partial charge in [0.1, 0.15) is 6.33 Å². The third-order valence-electron chi connectivity index (χ3n) is 10.1. The molecule has 0 bridgehead atoms. The first-order valence-electron chi connectivity index (χ1n) is 27.3. The van der Waals surface area contributed by atoms with Crippen molar-refractivity contribution in [3.8, 4) is 0 Å². The Labute approximate surface area is 457 Å². The zero-order chi connectivity index (χ0) is 58.5. The topological polar surface area (TPSA) is 77.3 Å². The standard InChI is InChI=1S/C12H12.C8H10.4C7H9N.C6H8N2.7C2H6/c1-9-7-11-5-3-4-6-12(11)8-10(9)2;1-7-5-3-4-6-8(7)2;2*1-6-3-4-8-5-7(6)2;2*1-6-4-3-5-8-7(6)2;1-5-3-7-4-8-6(5)2;7*1-2/h3-8H,1-2H3;3-6H,1-2H3;4*3-5H,1-2H3;3-4H,1-2H3;7*1-2H3. The molecule has 0 fully saturated rings. The number of benzene rings is 3. The number of hydrogen-bond acceptors (Lipinski definition) is 6. The number of fused-ring (bicyclic) bond motifs is 1. The molecular formula is C68H108N6. The second-order valence-corrected chi connectivity index (χ2v) is 14.9. The lowest BCUT2D eigenvalue weighted by molar-refractivity contribution is 1.06. The molecular weight excluding hydrogens is 901 g/mol. The van der Waals surface area contributed by atoms with Gasteiger partial charge < -0.3 is 0 Å². The molecule has 6 nitrogen and oxygen atoms in total. The maximum Gasteiger partial charge on any atom is 0.115 e. The van der Waals surface area contributed by atoms with E-state index in [0.29, 0.717) is 0 Å². The quantitative estimate of drug-likeness (QED) is 0.151. The van der Waals surface area contributed by atoms with Crippen LogP contribution in [-0.2, 0) is 0 Å². The van der Waals surface area contributed by atoms with Gasteiger partial charge in [0, 0.05) is 60.5 Å². The number of nitrogens with zero attached hydrogens (tertiary/aromatic N) is 6. The van der Waals surface area contributed by atoms with E-state index in [9.17, 15) is 0 Å². The molecule has 0 aliphatic rings. The fourth-order valence-electron chi connectivity index (χ4n) is 4.81. The lowest BCUT2D eigenvalue weighted by Crippen LogP contribution is -1.85. The van der Waals surface area contributed by atoms with Crippen molar-refractivity contribution in [2.75, 3.05) is 0 Å². The van der Waals surface area contributed by atoms with E-state index in [0.717, 1.165) is 22.6 Å². The fourth-order valence-corrected chi connectivity index (χ4v) is 4.81. The normalized spacial score (nSPS) is 8.27. The van der Waals surface area contributed by atoms with Crippen molar-refractivity contribution in [2.24, 2.45) is 0 Å². The molecule has 0 unspecified atom stereocenters. The Morgan fingerprint density at radius 2 is 0.514 bits per heavy atom. The second-order valence-electron chi connectivity index (χ2n) is 14.9. The molecule has 0 saturated carbocycles. The van der Waals surface area contributed by atoms with Crippen LogP contribution < -0.4 is 0 Å². The third-order valence-corrected chi connectivity index (χ3v) is 10.1. The van der Waals surface area contributed by atoms with E-state index in [1.807, 2.05) is 192 Å². The summed E-state index contributed by atoms with van der Waals surface area (Å²) in [5, 5.41) is 2.67. The van der Waals surface area contributed by atoms with Crippen LogP contribution >= 0.6 is 0 Å². The van der Waals surface area contributed by atoms with Crippen LogP contribution in [0.1, 0.15) is 175 Å². The SMILES string of the molecule is CC.CC.CC.CC.CC.CC.CC.Cc1cc2ccccc2cc1C.Cc1ccccc1C.Cc1cccnc1C.Cc1cccnc1C.Cc1ccncc1C.Cc1ccncc1C.Cc1cncnc1C. The first kappa shape index (κ1) is 79.0. The van der Waals surface area contributed by atoms with Crippen LogP contribution in [0.5, 0.6) is 0 Å². The molecule has 0 spiro atoms. The summed E-state index contributed by atoms with van der Waals surface area (Å²) >= 11 is 0. The maximum absolute atomic E-state index is 4.08. The van der Waals surface area contributed by atoms with E-state index in [-0.39, 0.29) is 0 Å². The monoisotopic (exact) mass is 1010 g/mol. The van der Waals surface area contributed by atoms with E-state index < -0.39 is 0 Å². The van der Waals surface area contributed by atoms with E-state index >= 15 is 0 Å². The molecule has 0 N–H and O–H groups in total. The highest BCUT2D eigenvalue weighted by atomic mass is 14.8. The number of rotatable bonds is 0. The highest BCUT2D eigenvalue weighted by molar-refractivity contribution is 5.83. The molecule has 410 valence electrons. The summed E-state index contributed by atoms with van der Waals surface area (Å²) in [6.07, 6.45) is 14.3. The summed E-state index contributed by atoms with van der Waals surface area (Å²) in [4.78, 5) is 23.8. The van der Waals surface area contributed by atoms with E-state index in [1.165, 1.54) is 66.4 Å². The zero-order valence-electron chi connectivity index (χ0n) is 52.5. The second kappa shape index (κ2) is 55.9. The summed E-state index contributed by atoms with van der Waals surface area (Å²) in [6, 6.07) is 33.3. The predicted octanol–water partition coefficient (Wildman–Crippen LogP) is 20.8. The first-order valence-corrected chi connectivity index (χ1v) is 27.3. The Bertz CT molecular complexity index is 1950. The molecule has 8 rings (SSSR count). The Morgan fingerprint density at radius 1 is 0.230 bits per heavy atom. The van der Waals surface area contributed by atoms with Crippen molar-refractivity contribution < 1.29 is 0 Å². The summed E-state index contributed by atoms with van der Waals surface area (Å²) < 4.78 is 0. The smallest absolute Gasteiger partial charge is 0.115 e. The minimum absolute atomic E-state index is 1.06. The molecule has 0 aliphatic carbocycles. The molecule has 0 radical (unpaired) electrons. The molecule has 0 saturated heterocycles. The summed E-state index contributed by atoms with van der Waals surface area (Å²) in [7, 11) is 0. The van der Waals surface area contributed by atoms with Crippen molar-refractivity contribution >= 4 is 10.8 Å². The van der Waals surface area contributed by atoms with Crippen molar-refractivity contribution in [3.05, 3.63) is 225 Å². The minimum Gasteiger partial charge on any atom is -0.264 e. The van der Waals surface area contributed by atoms with Gasteiger partial charge in [0.15, 0.2) is 0 Å². The summed E-state index contributed by atoms with van der Waals surface area (Å²) in [5.41, 5.74) is 17.6. The molecule has 0 amide bonds. The minimum atomic E-state index is 1.06. The van der Waals surface area contributed by atoms with Gasteiger partial charge in [-0.2, -0.15) is 0 Å². The highest BCUT2D eigenvalue weighted by Gasteiger charge is 1.95. The van der Waals surface area contributed by atoms with Gasteiger partial charge in [-0.1, -0.05) is 170 Å². The van der Waals surface area contributed by atoms with Crippen LogP contribution in [0, 0.1) is 96.9 Å². The Morgan fingerprint density at radius 3 is 0.730 bits per heavy atom. The largest absolute Gasteiger partial charge is 0.264 e. The fraction of sp³-hybridized carbons (Fsp3) is 0.412. The van der Waals surface area contributed by atoms with Crippen LogP contribution in [0.4, 0.5) is 0 Å². The molecule has 5 aromatic heterocycles. The average molecular weight is 1010 g/mol. The zero-order valence-corrected chi connectivity index (χ0v) is 52.5. The summed E-state index contributed by atoms with van der Waals surface area (Å²) in [5.74, 6) is 0. The molecule has 3 aromatic carbocycles. The van der Waals surface area contributed by atoms with Gasteiger partial charge in [0.25, 0.3) is 0 Å². The van der Waals surface area contributed by atoms with Crippen LogP contribution in [0.2, 0.25) is 0 Å². The Balaban J connectivity index is -0.000000176. The lowest BCUT2D eigenvalue weighted by Gasteiger charge is -2.02. The Hall–Kier alpha value is -6.40. The number of hydrogen-bond donors (Lipinski definition) is 0. The molecule has 6 heteroatoms. The van der Waals surface area contributed by atoms with Gasteiger partial charge in [0.2, 0.25) is 0 Å². The van der Waals surface area contributed by atoms with Gasteiger partial charge in [-0.05, 0) is 193 Å². The molecule has 0 atom stereocenters. The van der Waals surface area contributed by atoms with Gasteiger partial charge in [-0.25, -0.2) is 9.97 Å². The number of aromatic nitrogens is 6. The predicted molar refractivity (Wildman–Crippen MR) is 335 cm³/mol. The van der Waals surface area contributed by atoms with Crippen LogP contribution in [-0.4, -0.2) is 29.9 Å². The van der Waals surface area contributed by atoms with Gasteiger partial charge in [-0.15, -0.1) is 0 Å². The highest BCUT2D eigenvalue weighted by Crippen LogP contribution is 2.18. The van der Waals surface area contributed by atoms with Gasteiger partial charge in [-0.3, -0.25) is 19.9 Å². The Kier molecular flexibility index (Phi) is 59.7. The van der Waals surface area contributed by atoms with Crippen LogP contribution in [0.15, 0.2) is 147 Å². The van der Waals surface area contributed by atoms with Crippen molar-refractivity contribution in [2.45, 2.75) is 194 Å².